The molecule has 0 aliphatic rings. The van der Waals surface area contributed by atoms with Crippen LogP contribution in [0.15, 0.2) is 28.6 Å². The summed E-state index contributed by atoms with van der Waals surface area (Å²) in [7, 11) is -3.80. The summed E-state index contributed by atoms with van der Waals surface area (Å²) in [5.41, 5.74) is 1.89. The Bertz CT molecular complexity index is 802. The van der Waals surface area contributed by atoms with Crippen molar-refractivity contribution >= 4 is 32.4 Å². The molecule has 1 heterocycles. The third-order valence-corrected chi connectivity index (χ3v) is 5.94. The lowest BCUT2D eigenvalue weighted by atomic mass is 10.0. The van der Waals surface area contributed by atoms with E-state index in [9.17, 15) is 13.2 Å². The van der Waals surface area contributed by atoms with Gasteiger partial charge in [-0.1, -0.05) is 42.5 Å². The van der Waals surface area contributed by atoms with Gasteiger partial charge >= 0.3 is 0 Å². The van der Waals surface area contributed by atoms with Crippen LogP contribution in [0.2, 0.25) is 0 Å². The van der Waals surface area contributed by atoms with Gasteiger partial charge < -0.3 is 5.32 Å². The predicted octanol–water partition coefficient (Wildman–Crippen LogP) is 2.23. The first-order valence-corrected chi connectivity index (χ1v) is 9.34. The molecule has 7 nitrogen and oxygen atoms in total. The lowest BCUT2D eigenvalue weighted by molar-refractivity contribution is -0.115. The van der Waals surface area contributed by atoms with Crippen LogP contribution in [-0.2, 0) is 14.8 Å². The van der Waals surface area contributed by atoms with Crippen molar-refractivity contribution in [2.24, 2.45) is 0 Å². The van der Waals surface area contributed by atoms with Crippen molar-refractivity contribution in [2.75, 3.05) is 5.32 Å². The summed E-state index contributed by atoms with van der Waals surface area (Å²) in [6, 6.07) is 7.14. The van der Waals surface area contributed by atoms with E-state index in [1.165, 1.54) is 0 Å². The number of hydrogen-bond acceptors (Lipinski definition) is 6. The smallest absolute Gasteiger partial charge is 0.270 e. The van der Waals surface area contributed by atoms with Crippen molar-refractivity contribution in [2.45, 2.75) is 37.6 Å². The lowest BCUT2D eigenvalue weighted by Gasteiger charge is -2.15. The molecule has 1 aromatic carbocycles. The molecule has 0 aliphatic carbocycles. The SMILES string of the molecule is CCC(=O)Nc1nnc(S(=O)(=O)N[C@H](C)c2ccccc2C)s1. The summed E-state index contributed by atoms with van der Waals surface area (Å²) in [5.74, 6) is -0.244. The number of carbonyl (C=O) groups is 1. The number of hydrogen-bond donors (Lipinski definition) is 2. The second kappa shape index (κ2) is 7.16. The monoisotopic (exact) mass is 354 g/mol. The van der Waals surface area contributed by atoms with E-state index in [1.807, 2.05) is 31.2 Å². The summed E-state index contributed by atoms with van der Waals surface area (Å²) in [4.78, 5) is 11.3. The highest BCUT2D eigenvalue weighted by atomic mass is 32.2. The molecule has 1 aromatic heterocycles. The van der Waals surface area contributed by atoms with Gasteiger partial charge in [-0.15, -0.1) is 10.2 Å². The van der Waals surface area contributed by atoms with Gasteiger partial charge in [0.25, 0.3) is 10.0 Å². The first kappa shape index (κ1) is 17.5. The number of amides is 1. The highest BCUT2D eigenvalue weighted by molar-refractivity contribution is 7.91. The van der Waals surface area contributed by atoms with Crippen molar-refractivity contribution in [3.63, 3.8) is 0 Å². The fourth-order valence-corrected chi connectivity index (χ4v) is 4.15. The number of nitrogens with one attached hydrogen (secondary N) is 2. The molecule has 2 rings (SSSR count). The normalized spacial score (nSPS) is 12.8. The molecule has 2 aromatic rings. The topological polar surface area (TPSA) is 101 Å². The number of benzene rings is 1. The van der Waals surface area contributed by atoms with Gasteiger partial charge in [-0.2, -0.15) is 0 Å². The van der Waals surface area contributed by atoms with Gasteiger partial charge in [0.15, 0.2) is 0 Å². The van der Waals surface area contributed by atoms with E-state index >= 15 is 0 Å². The minimum absolute atomic E-state index is 0.167. The fraction of sp³-hybridized carbons (Fsp3) is 0.357. The minimum Gasteiger partial charge on any atom is -0.301 e. The van der Waals surface area contributed by atoms with E-state index in [4.69, 9.17) is 0 Å². The van der Waals surface area contributed by atoms with Crippen molar-refractivity contribution in [3.8, 4) is 0 Å². The highest BCUT2D eigenvalue weighted by Crippen LogP contribution is 2.23. The first-order chi connectivity index (χ1) is 10.8. The molecule has 0 aliphatic heterocycles. The van der Waals surface area contributed by atoms with Gasteiger partial charge in [-0.25, -0.2) is 13.1 Å². The summed E-state index contributed by atoms with van der Waals surface area (Å²) in [5, 5.41) is 9.99. The molecule has 0 fully saturated rings. The maximum absolute atomic E-state index is 12.4. The molecule has 23 heavy (non-hydrogen) atoms. The second-order valence-electron chi connectivity index (χ2n) is 4.97. The van der Waals surface area contributed by atoms with Crippen LogP contribution in [0.5, 0.6) is 0 Å². The molecular formula is C14H18N4O3S2. The molecule has 0 saturated heterocycles. The van der Waals surface area contributed by atoms with Gasteiger partial charge in [-0.05, 0) is 25.0 Å². The van der Waals surface area contributed by atoms with Crippen LogP contribution >= 0.6 is 11.3 Å². The average Bonchev–Trinajstić information content (AvgIpc) is 2.96. The van der Waals surface area contributed by atoms with Crippen molar-refractivity contribution in [3.05, 3.63) is 35.4 Å². The zero-order chi connectivity index (χ0) is 17.0. The molecule has 0 spiro atoms. The molecule has 0 radical (unpaired) electrons. The number of nitrogens with zero attached hydrogens (tertiary/aromatic N) is 2. The molecular weight excluding hydrogens is 336 g/mol. The maximum Gasteiger partial charge on any atom is 0.270 e. The van der Waals surface area contributed by atoms with Crippen LogP contribution < -0.4 is 10.0 Å². The number of aromatic nitrogens is 2. The third kappa shape index (κ3) is 4.34. The lowest BCUT2D eigenvalue weighted by Crippen LogP contribution is -2.27. The van der Waals surface area contributed by atoms with Crippen LogP contribution in [0.3, 0.4) is 0 Å². The average molecular weight is 354 g/mol. The molecule has 0 unspecified atom stereocenters. The van der Waals surface area contributed by atoms with Gasteiger partial charge in [0.05, 0.1) is 0 Å². The van der Waals surface area contributed by atoms with E-state index in [2.05, 4.69) is 20.2 Å². The van der Waals surface area contributed by atoms with E-state index in [1.54, 1.807) is 13.8 Å². The Labute approximate surface area is 139 Å². The number of carbonyl (C=O) groups excluding carboxylic acids is 1. The molecule has 1 amide bonds. The predicted molar refractivity (Wildman–Crippen MR) is 88.7 cm³/mol. The van der Waals surface area contributed by atoms with Crippen molar-refractivity contribution in [1.29, 1.82) is 0 Å². The molecule has 1 atom stereocenters. The van der Waals surface area contributed by atoms with Crippen LogP contribution in [0.1, 0.15) is 37.4 Å². The van der Waals surface area contributed by atoms with Crippen molar-refractivity contribution < 1.29 is 13.2 Å². The highest BCUT2D eigenvalue weighted by Gasteiger charge is 2.24. The Morgan fingerprint density at radius 3 is 2.65 bits per heavy atom. The fourth-order valence-electron chi connectivity index (χ4n) is 2.00. The van der Waals surface area contributed by atoms with Gasteiger partial charge in [0.2, 0.25) is 15.4 Å². The van der Waals surface area contributed by atoms with Gasteiger partial charge in [0.1, 0.15) is 0 Å². The molecule has 0 bridgehead atoms. The number of rotatable bonds is 6. The van der Waals surface area contributed by atoms with Crippen LogP contribution in [0.4, 0.5) is 5.13 Å². The zero-order valence-electron chi connectivity index (χ0n) is 13.0. The van der Waals surface area contributed by atoms with E-state index in [0.717, 1.165) is 22.5 Å². The van der Waals surface area contributed by atoms with E-state index < -0.39 is 16.1 Å². The quantitative estimate of drug-likeness (QED) is 0.775. The Morgan fingerprint density at radius 1 is 1.30 bits per heavy atom. The van der Waals surface area contributed by atoms with Crippen molar-refractivity contribution in [1.82, 2.24) is 14.9 Å². The van der Waals surface area contributed by atoms with E-state index in [-0.39, 0.29) is 21.8 Å². The third-order valence-electron chi connectivity index (χ3n) is 3.19. The number of anilines is 1. The second-order valence-corrected chi connectivity index (χ2v) is 7.84. The summed E-state index contributed by atoms with van der Waals surface area (Å²) < 4.78 is 27.2. The zero-order valence-corrected chi connectivity index (χ0v) is 14.7. The Balaban J connectivity index is 2.16. The summed E-state index contributed by atoms with van der Waals surface area (Å²) in [6.45, 7) is 5.38. The Kier molecular flexibility index (Phi) is 5.45. The largest absolute Gasteiger partial charge is 0.301 e. The maximum atomic E-state index is 12.4. The van der Waals surface area contributed by atoms with Crippen LogP contribution in [-0.4, -0.2) is 24.5 Å². The summed E-state index contributed by atoms with van der Waals surface area (Å²) >= 11 is 0.820. The standard InChI is InChI=1S/C14H18N4O3S2/c1-4-12(19)15-13-16-17-14(22-13)23(20,21)18-10(3)11-8-6-5-7-9(11)2/h5-8,10,18H,4H2,1-3H3,(H,15,16,19)/t10-/m1/s1. The molecule has 124 valence electrons. The molecule has 2 N–H and O–H groups in total. The number of sulfonamides is 1. The Morgan fingerprint density at radius 2 is 2.00 bits per heavy atom. The minimum atomic E-state index is -3.80. The van der Waals surface area contributed by atoms with Crippen LogP contribution in [0, 0.1) is 6.92 Å². The number of aryl methyl sites for hydroxylation is 1. The molecule has 0 saturated carbocycles. The molecule has 9 heteroatoms. The Hall–Kier alpha value is -1.84. The van der Waals surface area contributed by atoms with E-state index in [0.29, 0.717) is 0 Å². The van der Waals surface area contributed by atoms with Gasteiger partial charge in [0, 0.05) is 12.5 Å². The first-order valence-electron chi connectivity index (χ1n) is 7.04. The van der Waals surface area contributed by atoms with Gasteiger partial charge in [-0.3, -0.25) is 4.79 Å². The van der Waals surface area contributed by atoms with Crippen LogP contribution in [0.25, 0.3) is 0 Å². The summed E-state index contributed by atoms with van der Waals surface area (Å²) in [6.07, 6.45) is 0.282.